The summed E-state index contributed by atoms with van der Waals surface area (Å²) in [6, 6.07) is -0.433. The summed E-state index contributed by atoms with van der Waals surface area (Å²) in [4.78, 5) is 37.8. The van der Waals surface area contributed by atoms with Gasteiger partial charge in [0.2, 0.25) is 5.91 Å². The Morgan fingerprint density at radius 2 is 2.14 bits per heavy atom. The molecule has 2 aliphatic rings. The first-order chi connectivity index (χ1) is 10.4. The molecule has 1 saturated heterocycles. The number of nitrogens with one attached hydrogen (secondary N) is 2. The Kier molecular flexibility index (Phi) is 5.08. The molecule has 0 unspecified atom stereocenters. The van der Waals surface area contributed by atoms with E-state index in [1.165, 1.54) is 0 Å². The van der Waals surface area contributed by atoms with E-state index in [9.17, 15) is 14.4 Å². The van der Waals surface area contributed by atoms with Crippen molar-refractivity contribution in [3.05, 3.63) is 0 Å². The summed E-state index contributed by atoms with van der Waals surface area (Å²) >= 11 is 0. The number of urea groups is 1. The minimum absolute atomic E-state index is 0.117. The third-order valence-corrected chi connectivity index (χ3v) is 4.85. The van der Waals surface area contributed by atoms with E-state index in [1.54, 1.807) is 0 Å². The molecule has 0 aromatic rings. The second-order valence-electron chi connectivity index (χ2n) is 6.97. The smallest absolute Gasteiger partial charge is 0.325 e. The standard InChI is InChI=1S/C16H27N3O3/c1-11(2)7-9-17-13(20)10-19-14(21)16(18-15(19)22)8-5-4-6-12(16)3/h11-12H,4-10H2,1-3H3,(H,17,20)(H,18,22)/t12-,16+/m1/s1. The quantitative estimate of drug-likeness (QED) is 0.758. The molecule has 1 saturated carbocycles. The van der Waals surface area contributed by atoms with Crippen LogP contribution < -0.4 is 10.6 Å². The molecule has 2 N–H and O–H groups in total. The van der Waals surface area contributed by atoms with Gasteiger partial charge in [-0.05, 0) is 31.1 Å². The van der Waals surface area contributed by atoms with E-state index in [4.69, 9.17) is 0 Å². The summed E-state index contributed by atoms with van der Waals surface area (Å²) in [7, 11) is 0. The molecule has 1 aliphatic heterocycles. The van der Waals surface area contributed by atoms with Crippen LogP contribution >= 0.6 is 0 Å². The Bertz CT molecular complexity index is 464. The SMILES string of the molecule is CC(C)CCNC(=O)CN1C(=O)N[C@]2(CCCC[C@H]2C)C1=O. The van der Waals surface area contributed by atoms with Crippen molar-refractivity contribution < 1.29 is 14.4 Å². The van der Waals surface area contributed by atoms with Crippen molar-refractivity contribution in [3.8, 4) is 0 Å². The number of imide groups is 1. The molecular weight excluding hydrogens is 282 g/mol. The number of carbonyl (C=O) groups excluding carboxylic acids is 3. The molecule has 2 rings (SSSR count). The van der Waals surface area contributed by atoms with Gasteiger partial charge in [0.1, 0.15) is 12.1 Å². The highest BCUT2D eigenvalue weighted by atomic mass is 16.2. The van der Waals surface area contributed by atoms with E-state index in [-0.39, 0.29) is 24.3 Å². The van der Waals surface area contributed by atoms with Gasteiger partial charge in [-0.15, -0.1) is 0 Å². The van der Waals surface area contributed by atoms with Crippen LogP contribution in [0.1, 0.15) is 52.9 Å². The van der Waals surface area contributed by atoms with Gasteiger partial charge in [0.05, 0.1) is 0 Å². The lowest BCUT2D eigenvalue weighted by Gasteiger charge is -2.36. The number of nitrogens with zero attached hydrogens (tertiary/aromatic N) is 1. The summed E-state index contributed by atoms with van der Waals surface area (Å²) in [5.41, 5.74) is -0.784. The average Bonchev–Trinajstić information content (AvgIpc) is 2.67. The maximum atomic E-state index is 12.7. The van der Waals surface area contributed by atoms with Gasteiger partial charge in [0, 0.05) is 6.54 Å². The van der Waals surface area contributed by atoms with Gasteiger partial charge in [-0.3, -0.25) is 14.5 Å². The fourth-order valence-corrected chi connectivity index (χ4v) is 3.34. The second kappa shape index (κ2) is 6.67. The number of hydrogen-bond donors (Lipinski definition) is 2. The van der Waals surface area contributed by atoms with Crippen LogP contribution in [-0.2, 0) is 9.59 Å². The maximum Gasteiger partial charge on any atom is 0.325 e. The van der Waals surface area contributed by atoms with E-state index in [0.29, 0.717) is 18.9 Å². The molecule has 0 aromatic carbocycles. The van der Waals surface area contributed by atoms with Crippen LogP contribution in [0.25, 0.3) is 0 Å². The zero-order valence-electron chi connectivity index (χ0n) is 13.8. The highest BCUT2D eigenvalue weighted by molar-refractivity contribution is 6.09. The monoisotopic (exact) mass is 309 g/mol. The third-order valence-electron chi connectivity index (χ3n) is 4.85. The van der Waals surface area contributed by atoms with Crippen LogP contribution in [0.2, 0.25) is 0 Å². The van der Waals surface area contributed by atoms with Crippen LogP contribution in [-0.4, -0.2) is 41.4 Å². The zero-order chi connectivity index (χ0) is 16.3. The van der Waals surface area contributed by atoms with Crippen LogP contribution in [0.3, 0.4) is 0 Å². The van der Waals surface area contributed by atoms with Crippen molar-refractivity contribution >= 4 is 17.8 Å². The Morgan fingerprint density at radius 3 is 2.77 bits per heavy atom. The molecule has 0 bridgehead atoms. The topological polar surface area (TPSA) is 78.5 Å². The van der Waals surface area contributed by atoms with Gasteiger partial charge < -0.3 is 10.6 Å². The molecule has 1 spiro atoms. The molecule has 6 heteroatoms. The lowest BCUT2D eigenvalue weighted by Crippen LogP contribution is -2.54. The minimum atomic E-state index is -0.784. The fourth-order valence-electron chi connectivity index (χ4n) is 3.34. The molecule has 1 aliphatic carbocycles. The Balaban J connectivity index is 1.96. The van der Waals surface area contributed by atoms with E-state index < -0.39 is 11.6 Å². The summed E-state index contributed by atoms with van der Waals surface area (Å²) in [5.74, 6) is 0.114. The van der Waals surface area contributed by atoms with Gasteiger partial charge in [-0.25, -0.2) is 4.79 Å². The molecule has 1 heterocycles. The molecule has 6 nitrogen and oxygen atoms in total. The van der Waals surface area contributed by atoms with Gasteiger partial charge >= 0.3 is 6.03 Å². The van der Waals surface area contributed by atoms with E-state index >= 15 is 0 Å². The molecule has 0 radical (unpaired) electrons. The van der Waals surface area contributed by atoms with Crippen LogP contribution in [0, 0.1) is 11.8 Å². The van der Waals surface area contributed by atoms with E-state index in [1.807, 2.05) is 6.92 Å². The van der Waals surface area contributed by atoms with E-state index in [0.717, 1.165) is 30.6 Å². The van der Waals surface area contributed by atoms with Crippen molar-refractivity contribution in [1.82, 2.24) is 15.5 Å². The minimum Gasteiger partial charge on any atom is -0.355 e. The van der Waals surface area contributed by atoms with Crippen molar-refractivity contribution in [2.24, 2.45) is 11.8 Å². The van der Waals surface area contributed by atoms with Crippen LogP contribution in [0.5, 0.6) is 0 Å². The van der Waals surface area contributed by atoms with Gasteiger partial charge in [-0.2, -0.15) is 0 Å². The Hall–Kier alpha value is -1.59. The lowest BCUT2D eigenvalue weighted by molar-refractivity contribution is -0.137. The summed E-state index contributed by atoms with van der Waals surface area (Å²) < 4.78 is 0. The number of hydrogen-bond acceptors (Lipinski definition) is 3. The first-order valence-electron chi connectivity index (χ1n) is 8.27. The molecule has 2 fully saturated rings. The zero-order valence-corrected chi connectivity index (χ0v) is 13.8. The van der Waals surface area contributed by atoms with Crippen LogP contribution in [0.4, 0.5) is 4.79 Å². The average molecular weight is 309 g/mol. The predicted octanol–water partition coefficient (Wildman–Crippen LogP) is 1.65. The first-order valence-corrected chi connectivity index (χ1v) is 8.27. The molecular formula is C16H27N3O3. The number of rotatable bonds is 5. The van der Waals surface area contributed by atoms with Crippen molar-refractivity contribution in [2.75, 3.05) is 13.1 Å². The maximum absolute atomic E-state index is 12.7. The highest BCUT2D eigenvalue weighted by Crippen LogP contribution is 2.38. The second-order valence-corrected chi connectivity index (χ2v) is 6.97. The summed E-state index contributed by atoms with van der Waals surface area (Å²) in [6.45, 7) is 6.55. The normalized spacial score (nSPS) is 28.4. The number of amides is 4. The van der Waals surface area contributed by atoms with Crippen LogP contribution in [0.15, 0.2) is 0 Å². The summed E-state index contributed by atoms with van der Waals surface area (Å²) in [5, 5.41) is 5.63. The fraction of sp³-hybridized carbons (Fsp3) is 0.812. The summed E-state index contributed by atoms with van der Waals surface area (Å²) in [6.07, 6.45) is 4.50. The van der Waals surface area contributed by atoms with Gasteiger partial charge in [0.15, 0.2) is 0 Å². The Labute approximate surface area is 132 Å². The first kappa shape index (κ1) is 16.8. The predicted molar refractivity (Wildman–Crippen MR) is 83.1 cm³/mol. The largest absolute Gasteiger partial charge is 0.355 e. The van der Waals surface area contributed by atoms with E-state index in [2.05, 4.69) is 24.5 Å². The molecule has 0 aromatic heterocycles. The molecule has 124 valence electrons. The highest BCUT2D eigenvalue weighted by Gasteiger charge is 2.55. The Morgan fingerprint density at radius 1 is 1.41 bits per heavy atom. The number of carbonyl (C=O) groups is 3. The van der Waals surface area contributed by atoms with Gasteiger partial charge in [-0.1, -0.05) is 33.6 Å². The molecule has 4 amide bonds. The lowest BCUT2D eigenvalue weighted by atomic mass is 9.73. The molecule has 2 atom stereocenters. The van der Waals surface area contributed by atoms with Gasteiger partial charge in [0.25, 0.3) is 5.91 Å². The van der Waals surface area contributed by atoms with Crippen molar-refractivity contribution in [1.29, 1.82) is 0 Å². The molecule has 22 heavy (non-hydrogen) atoms. The third kappa shape index (κ3) is 3.25. The van der Waals surface area contributed by atoms with Crippen molar-refractivity contribution in [2.45, 2.75) is 58.4 Å². The van der Waals surface area contributed by atoms with Crippen molar-refractivity contribution in [3.63, 3.8) is 0 Å².